The van der Waals surface area contributed by atoms with Gasteiger partial charge in [-0.15, -0.1) is 0 Å². The molecular formula is C15H22BrNO. The van der Waals surface area contributed by atoms with E-state index in [-0.39, 0.29) is 11.9 Å². The molecule has 0 atom stereocenters. The molecule has 0 unspecified atom stereocenters. The molecule has 0 saturated heterocycles. The maximum Gasteiger partial charge on any atom is 0.254 e. The van der Waals surface area contributed by atoms with Gasteiger partial charge in [0.25, 0.3) is 5.91 Å². The van der Waals surface area contributed by atoms with E-state index in [9.17, 15) is 4.79 Å². The predicted octanol–water partition coefficient (Wildman–Crippen LogP) is 3.94. The van der Waals surface area contributed by atoms with Crippen LogP contribution in [-0.2, 0) is 0 Å². The van der Waals surface area contributed by atoms with Crippen molar-refractivity contribution in [3.63, 3.8) is 0 Å². The first-order chi connectivity index (χ1) is 8.47. The van der Waals surface area contributed by atoms with Gasteiger partial charge in [-0.1, -0.05) is 33.6 Å². The molecule has 100 valence electrons. The lowest BCUT2D eigenvalue weighted by Crippen LogP contribution is -2.38. The second-order valence-corrected chi connectivity index (χ2v) is 5.75. The van der Waals surface area contributed by atoms with Crippen LogP contribution in [0.25, 0.3) is 0 Å². The van der Waals surface area contributed by atoms with E-state index in [1.54, 1.807) is 0 Å². The highest BCUT2D eigenvalue weighted by Gasteiger charge is 2.19. The Kier molecular flexibility index (Phi) is 5.86. The highest BCUT2D eigenvalue weighted by Crippen LogP contribution is 2.15. The summed E-state index contributed by atoms with van der Waals surface area (Å²) in [6, 6.07) is 6.29. The molecule has 0 spiro atoms. The summed E-state index contributed by atoms with van der Waals surface area (Å²) in [4.78, 5) is 14.5. The summed E-state index contributed by atoms with van der Waals surface area (Å²) in [7, 11) is 0. The first-order valence-corrected chi connectivity index (χ1v) is 7.53. The number of hydrogen-bond acceptors (Lipinski definition) is 1. The Morgan fingerprint density at radius 1 is 1.33 bits per heavy atom. The standard InChI is InChI=1S/C15H22BrNO/c1-11(2)17(9-5-8-16)15(18)14-10-12(3)6-7-13(14)4/h6-7,10-11H,5,8-9H2,1-4H3. The normalized spacial score (nSPS) is 10.8. The summed E-state index contributed by atoms with van der Waals surface area (Å²) in [5.74, 6) is 0.146. The molecule has 0 saturated carbocycles. The second-order valence-electron chi connectivity index (χ2n) is 4.95. The number of aryl methyl sites for hydroxylation is 2. The van der Waals surface area contributed by atoms with E-state index in [2.05, 4.69) is 29.8 Å². The summed E-state index contributed by atoms with van der Waals surface area (Å²) in [5.41, 5.74) is 3.02. The van der Waals surface area contributed by atoms with E-state index < -0.39 is 0 Å². The maximum absolute atomic E-state index is 12.6. The van der Waals surface area contributed by atoms with Gasteiger partial charge in [-0.3, -0.25) is 4.79 Å². The third kappa shape index (κ3) is 3.84. The van der Waals surface area contributed by atoms with Gasteiger partial charge >= 0.3 is 0 Å². The molecule has 0 radical (unpaired) electrons. The minimum Gasteiger partial charge on any atom is -0.336 e. The summed E-state index contributed by atoms with van der Waals surface area (Å²) in [5, 5.41) is 0.927. The highest BCUT2D eigenvalue weighted by molar-refractivity contribution is 9.09. The number of benzene rings is 1. The third-order valence-corrected chi connectivity index (χ3v) is 3.60. The molecule has 0 aliphatic heterocycles. The third-order valence-electron chi connectivity index (χ3n) is 3.04. The molecule has 18 heavy (non-hydrogen) atoms. The Balaban J connectivity index is 2.98. The average molecular weight is 312 g/mol. The van der Waals surface area contributed by atoms with Gasteiger partial charge in [0.15, 0.2) is 0 Å². The van der Waals surface area contributed by atoms with Gasteiger partial charge in [-0.2, -0.15) is 0 Å². The Morgan fingerprint density at radius 2 is 2.00 bits per heavy atom. The van der Waals surface area contributed by atoms with Gasteiger partial charge in [-0.25, -0.2) is 0 Å². The molecule has 1 aromatic rings. The van der Waals surface area contributed by atoms with Gasteiger partial charge in [0.1, 0.15) is 0 Å². The van der Waals surface area contributed by atoms with Gasteiger partial charge in [0.05, 0.1) is 0 Å². The number of halogens is 1. The molecular weight excluding hydrogens is 290 g/mol. The molecule has 1 amide bonds. The quantitative estimate of drug-likeness (QED) is 0.754. The lowest BCUT2D eigenvalue weighted by molar-refractivity contribution is 0.0706. The first-order valence-electron chi connectivity index (χ1n) is 6.41. The molecule has 0 fully saturated rings. The lowest BCUT2D eigenvalue weighted by Gasteiger charge is -2.27. The van der Waals surface area contributed by atoms with E-state index in [4.69, 9.17) is 0 Å². The molecule has 3 heteroatoms. The van der Waals surface area contributed by atoms with Gasteiger partial charge in [-0.05, 0) is 45.7 Å². The van der Waals surface area contributed by atoms with Crippen molar-refractivity contribution in [1.82, 2.24) is 4.90 Å². The lowest BCUT2D eigenvalue weighted by atomic mass is 10.0. The largest absolute Gasteiger partial charge is 0.336 e. The predicted molar refractivity (Wildman–Crippen MR) is 80.5 cm³/mol. The highest BCUT2D eigenvalue weighted by atomic mass is 79.9. The van der Waals surface area contributed by atoms with Crippen molar-refractivity contribution in [3.05, 3.63) is 34.9 Å². The van der Waals surface area contributed by atoms with Crippen LogP contribution in [0.2, 0.25) is 0 Å². The van der Waals surface area contributed by atoms with E-state index in [1.165, 1.54) is 0 Å². The summed E-state index contributed by atoms with van der Waals surface area (Å²) in [6.07, 6.45) is 0.981. The van der Waals surface area contributed by atoms with E-state index >= 15 is 0 Å². The van der Waals surface area contributed by atoms with Crippen LogP contribution >= 0.6 is 15.9 Å². The monoisotopic (exact) mass is 311 g/mol. The van der Waals surface area contributed by atoms with Crippen LogP contribution in [0.5, 0.6) is 0 Å². The minimum atomic E-state index is 0.146. The number of carbonyl (C=O) groups excluding carboxylic acids is 1. The number of nitrogens with zero attached hydrogens (tertiary/aromatic N) is 1. The Bertz CT molecular complexity index is 415. The van der Waals surface area contributed by atoms with Gasteiger partial charge < -0.3 is 4.90 Å². The van der Waals surface area contributed by atoms with E-state index in [0.717, 1.165) is 35.0 Å². The molecule has 0 heterocycles. The maximum atomic E-state index is 12.6. The SMILES string of the molecule is Cc1ccc(C)c(C(=O)N(CCCBr)C(C)C)c1. The zero-order chi connectivity index (χ0) is 13.7. The summed E-state index contributed by atoms with van der Waals surface area (Å²) >= 11 is 3.42. The zero-order valence-corrected chi connectivity index (χ0v) is 13.3. The molecule has 0 N–H and O–H groups in total. The van der Waals surface area contributed by atoms with Crippen LogP contribution in [-0.4, -0.2) is 28.7 Å². The van der Waals surface area contributed by atoms with Crippen LogP contribution < -0.4 is 0 Å². The van der Waals surface area contributed by atoms with Crippen molar-refractivity contribution in [2.24, 2.45) is 0 Å². The zero-order valence-electron chi connectivity index (χ0n) is 11.7. The van der Waals surface area contributed by atoms with Crippen LogP contribution in [0.3, 0.4) is 0 Å². The summed E-state index contributed by atoms with van der Waals surface area (Å²) in [6.45, 7) is 8.95. The first kappa shape index (κ1) is 15.2. The number of amides is 1. The Labute approximate surface area is 119 Å². The van der Waals surface area contributed by atoms with Crippen LogP contribution in [0.15, 0.2) is 18.2 Å². The van der Waals surface area contributed by atoms with Crippen molar-refractivity contribution >= 4 is 21.8 Å². The summed E-state index contributed by atoms with van der Waals surface area (Å²) < 4.78 is 0. The van der Waals surface area contributed by atoms with Crippen molar-refractivity contribution in [2.75, 3.05) is 11.9 Å². The topological polar surface area (TPSA) is 20.3 Å². The Morgan fingerprint density at radius 3 is 2.56 bits per heavy atom. The van der Waals surface area contributed by atoms with E-state index in [1.807, 2.05) is 36.9 Å². The van der Waals surface area contributed by atoms with Crippen LogP contribution in [0, 0.1) is 13.8 Å². The average Bonchev–Trinajstić information content (AvgIpc) is 2.32. The fourth-order valence-corrected chi connectivity index (χ4v) is 2.20. The molecule has 1 aromatic carbocycles. The molecule has 1 rings (SSSR count). The molecule has 0 aromatic heterocycles. The van der Waals surface area contributed by atoms with Crippen molar-refractivity contribution < 1.29 is 4.79 Å². The van der Waals surface area contributed by atoms with Gasteiger partial charge in [0.2, 0.25) is 0 Å². The second kappa shape index (κ2) is 6.93. The molecule has 0 aliphatic rings. The fourth-order valence-electron chi connectivity index (χ4n) is 1.95. The van der Waals surface area contributed by atoms with Crippen LogP contribution in [0.1, 0.15) is 41.8 Å². The van der Waals surface area contributed by atoms with Crippen molar-refractivity contribution in [2.45, 2.75) is 40.2 Å². The number of alkyl halides is 1. The van der Waals surface area contributed by atoms with Gasteiger partial charge in [0, 0.05) is 23.5 Å². The van der Waals surface area contributed by atoms with Crippen molar-refractivity contribution in [3.8, 4) is 0 Å². The fraction of sp³-hybridized carbons (Fsp3) is 0.533. The number of rotatable bonds is 5. The van der Waals surface area contributed by atoms with Crippen molar-refractivity contribution in [1.29, 1.82) is 0 Å². The van der Waals surface area contributed by atoms with E-state index in [0.29, 0.717) is 0 Å². The Hall–Kier alpha value is -0.830. The minimum absolute atomic E-state index is 0.146. The number of hydrogen-bond donors (Lipinski definition) is 0. The number of carbonyl (C=O) groups is 1. The molecule has 0 aliphatic carbocycles. The van der Waals surface area contributed by atoms with Crippen LogP contribution in [0.4, 0.5) is 0 Å². The molecule has 2 nitrogen and oxygen atoms in total. The smallest absolute Gasteiger partial charge is 0.254 e. The molecule has 0 bridgehead atoms.